The van der Waals surface area contributed by atoms with Crippen LogP contribution < -0.4 is 10.6 Å². The average molecular weight is 240 g/mol. The van der Waals surface area contributed by atoms with Gasteiger partial charge in [0.2, 0.25) is 5.95 Å². The third-order valence-corrected chi connectivity index (χ3v) is 2.58. The van der Waals surface area contributed by atoms with Crippen LogP contribution in [0.1, 0.15) is 20.7 Å². The quantitative estimate of drug-likeness (QED) is 0.768. The number of nitrogens with one attached hydrogen (secondary N) is 2. The predicted molar refractivity (Wildman–Crippen MR) is 63.6 cm³/mol. The van der Waals surface area contributed by atoms with Gasteiger partial charge >= 0.3 is 0 Å². The Bertz CT molecular complexity index is 640. The molecule has 2 aromatic rings. The highest BCUT2D eigenvalue weighted by Gasteiger charge is 2.29. The van der Waals surface area contributed by atoms with Gasteiger partial charge in [0.15, 0.2) is 0 Å². The van der Waals surface area contributed by atoms with Gasteiger partial charge in [-0.15, -0.1) is 0 Å². The van der Waals surface area contributed by atoms with E-state index in [0.29, 0.717) is 22.8 Å². The van der Waals surface area contributed by atoms with E-state index in [1.165, 1.54) is 0 Å². The molecular formula is C12H8N4O2. The molecule has 1 aromatic heterocycles. The highest BCUT2D eigenvalue weighted by Crippen LogP contribution is 2.25. The van der Waals surface area contributed by atoms with E-state index in [0.717, 1.165) is 0 Å². The Kier molecular flexibility index (Phi) is 2.26. The predicted octanol–water partition coefficient (Wildman–Crippen LogP) is 1.10. The SMILES string of the molecule is O=C1NC(=O)c2c(Nc3ncccn3)cccc21. The molecule has 0 radical (unpaired) electrons. The number of amides is 2. The Morgan fingerprint density at radius 3 is 2.56 bits per heavy atom. The van der Waals surface area contributed by atoms with Crippen LogP contribution in [0.15, 0.2) is 36.7 Å². The lowest BCUT2D eigenvalue weighted by atomic mass is 10.1. The molecule has 0 atom stereocenters. The maximum atomic E-state index is 11.7. The van der Waals surface area contributed by atoms with E-state index in [-0.39, 0.29) is 5.91 Å². The van der Waals surface area contributed by atoms with E-state index in [2.05, 4.69) is 20.6 Å². The fourth-order valence-corrected chi connectivity index (χ4v) is 1.81. The van der Waals surface area contributed by atoms with Crippen molar-refractivity contribution in [1.29, 1.82) is 0 Å². The van der Waals surface area contributed by atoms with Crippen LogP contribution in [-0.2, 0) is 0 Å². The third-order valence-electron chi connectivity index (χ3n) is 2.58. The van der Waals surface area contributed by atoms with Crippen molar-refractivity contribution in [1.82, 2.24) is 15.3 Å². The fraction of sp³-hybridized carbons (Fsp3) is 0. The fourth-order valence-electron chi connectivity index (χ4n) is 1.81. The number of aromatic nitrogens is 2. The number of fused-ring (bicyclic) bond motifs is 1. The number of hydrogen-bond acceptors (Lipinski definition) is 5. The Morgan fingerprint density at radius 1 is 1.00 bits per heavy atom. The number of hydrogen-bond donors (Lipinski definition) is 2. The van der Waals surface area contributed by atoms with Gasteiger partial charge < -0.3 is 5.32 Å². The monoisotopic (exact) mass is 240 g/mol. The van der Waals surface area contributed by atoms with Gasteiger partial charge in [-0.2, -0.15) is 0 Å². The van der Waals surface area contributed by atoms with E-state index >= 15 is 0 Å². The minimum absolute atomic E-state index is 0.329. The smallest absolute Gasteiger partial charge is 0.261 e. The number of benzene rings is 1. The molecule has 2 N–H and O–H groups in total. The Balaban J connectivity index is 2.05. The third kappa shape index (κ3) is 1.60. The minimum atomic E-state index is -0.408. The molecule has 0 saturated carbocycles. The van der Waals surface area contributed by atoms with Crippen LogP contribution in [0.2, 0.25) is 0 Å². The van der Waals surface area contributed by atoms with Crippen molar-refractivity contribution >= 4 is 23.5 Å². The molecule has 1 aromatic carbocycles. The van der Waals surface area contributed by atoms with E-state index in [9.17, 15) is 9.59 Å². The number of nitrogens with zero attached hydrogens (tertiary/aromatic N) is 2. The molecule has 0 bridgehead atoms. The first kappa shape index (κ1) is 10.4. The molecule has 1 aliphatic heterocycles. The summed E-state index contributed by atoms with van der Waals surface area (Å²) in [6.45, 7) is 0. The number of anilines is 2. The molecule has 2 heterocycles. The van der Waals surface area contributed by atoms with E-state index in [1.54, 1.807) is 36.7 Å². The summed E-state index contributed by atoms with van der Waals surface area (Å²) in [5.41, 5.74) is 1.21. The first-order valence-corrected chi connectivity index (χ1v) is 5.28. The van der Waals surface area contributed by atoms with Crippen LogP contribution in [-0.4, -0.2) is 21.8 Å². The summed E-state index contributed by atoms with van der Waals surface area (Å²) in [6, 6.07) is 6.69. The standard InChI is InChI=1S/C12H8N4O2/c17-10-7-3-1-4-8(9(7)11(18)16-10)15-12-13-5-2-6-14-12/h1-6H,(H,13,14,15)(H,16,17,18). The van der Waals surface area contributed by atoms with Crippen molar-refractivity contribution in [3.63, 3.8) is 0 Å². The second kappa shape index (κ2) is 3.92. The van der Waals surface area contributed by atoms with Gasteiger partial charge in [-0.1, -0.05) is 6.07 Å². The molecule has 0 fully saturated rings. The summed E-state index contributed by atoms with van der Waals surface area (Å²) in [5, 5.41) is 5.17. The number of rotatable bonds is 2. The summed E-state index contributed by atoms with van der Waals surface area (Å²) in [5.74, 6) is -0.417. The topological polar surface area (TPSA) is 84.0 Å². The molecule has 0 spiro atoms. The summed E-state index contributed by atoms with van der Waals surface area (Å²) in [7, 11) is 0. The number of carbonyl (C=O) groups is 2. The van der Waals surface area contributed by atoms with Gasteiger partial charge in [0.05, 0.1) is 16.8 Å². The van der Waals surface area contributed by atoms with Gasteiger partial charge in [0, 0.05) is 12.4 Å². The number of imide groups is 1. The lowest BCUT2D eigenvalue weighted by molar-refractivity contribution is 0.0880. The van der Waals surface area contributed by atoms with E-state index < -0.39 is 5.91 Å². The molecule has 0 saturated heterocycles. The lowest BCUT2D eigenvalue weighted by Crippen LogP contribution is -2.20. The largest absolute Gasteiger partial charge is 0.323 e. The number of carbonyl (C=O) groups excluding carboxylic acids is 2. The summed E-state index contributed by atoms with van der Waals surface area (Å²) in [6.07, 6.45) is 3.17. The van der Waals surface area contributed by atoms with Crippen LogP contribution in [0.5, 0.6) is 0 Å². The van der Waals surface area contributed by atoms with Crippen LogP contribution in [0.3, 0.4) is 0 Å². The molecule has 1 aliphatic rings. The van der Waals surface area contributed by atoms with E-state index in [4.69, 9.17) is 0 Å². The first-order chi connectivity index (χ1) is 8.75. The second-order valence-electron chi connectivity index (χ2n) is 3.71. The zero-order valence-corrected chi connectivity index (χ0v) is 9.18. The van der Waals surface area contributed by atoms with E-state index in [1.807, 2.05) is 0 Å². The Morgan fingerprint density at radius 2 is 1.78 bits per heavy atom. The van der Waals surface area contributed by atoms with Gasteiger partial charge in [0.1, 0.15) is 0 Å². The van der Waals surface area contributed by atoms with Gasteiger partial charge in [0.25, 0.3) is 11.8 Å². The van der Waals surface area contributed by atoms with Crippen molar-refractivity contribution in [2.45, 2.75) is 0 Å². The maximum absolute atomic E-state index is 11.7. The summed E-state index contributed by atoms with van der Waals surface area (Å²) < 4.78 is 0. The molecule has 6 nitrogen and oxygen atoms in total. The van der Waals surface area contributed by atoms with Crippen LogP contribution in [0.25, 0.3) is 0 Å². The molecule has 18 heavy (non-hydrogen) atoms. The zero-order chi connectivity index (χ0) is 12.5. The van der Waals surface area contributed by atoms with Gasteiger partial charge in [-0.3, -0.25) is 14.9 Å². The lowest BCUT2D eigenvalue weighted by Gasteiger charge is -2.07. The Hall–Kier alpha value is -2.76. The molecule has 88 valence electrons. The molecule has 0 aliphatic carbocycles. The normalized spacial score (nSPS) is 13.1. The van der Waals surface area contributed by atoms with Crippen molar-refractivity contribution in [2.75, 3.05) is 5.32 Å². The Labute approximate surface area is 102 Å². The molecular weight excluding hydrogens is 232 g/mol. The van der Waals surface area contributed by atoms with Crippen LogP contribution in [0.4, 0.5) is 11.6 Å². The first-order valence-electron chi connectivity index (χ1n) is 5.28. The van der Waals surface area contributed by atoms with Crippen LogP contribution >= 0.6 is 0 Å². The van der Waals surface area contributed by atoms with Crippen molar-refractivity contribution < 1.29 is 9.59 Å². The highest BCUT2D eigenvalue weighted by atomic mass is 16.2. The highest BCUT2D eigenvalue weighted by molar-refractivity contribution is 6.23. The van der Waals surface area contributed by atoms with Gasteiger partial charge in [-0.05, 0) is 18.2 Å². The molecule has 0 unspecified atom stereocenters. The maximum Gasteiger partial charge on any atom is 0.261 e. The zero-order valence-electron chi connectivity index (χ0n) is 9.18. The van der Waals surface area contributed by atoms with Crippen molar-refractivity contribution in [3.05, 3.63) is 47.8 Å². The van der Waals surface area contributed by atoms with Gasteiger partial charge in [-0.25, -0.2) is 9.97 Å². The summed E-state index contributed by atoms with van der Waals surface area (Å²) >= 11 is 0. The van der Waals surface area contributed by atoms with Crippen molar-refractivity contribution in [2.24, 2.45) is 0 Å². The second-order valence-corrected chi connectivity index (χ2v) is 3.71. The van der Waals surface area contributed by atoms with Crippen LogP contribution in [0, 0.1) is 0 Å². The molecule has 3 rings (SSSR count). The van der Waals surface area contributed by atoms with Crippen molar-refractivity contribution in [3.8, 4) is 0 Å². The molecule has 6 heteroatoms. The summed E-state index contributed by atoms with van der Waals surface area (Å²) in [4.78, 5) is 31.2. The average Bonchev–Trinajstić information content (AvgIpc) is 2.67. The minimum Gasteiger partial charge on any atom is -0.323 e. The molecule has 2 amide bonds.